The molecule has 0 radical (unpaired) electrons. The van der Waals surface area contributed by atoms with Crippen LogP contribution < -0.4 is 0 Å². The summed E-state index contributed by atoms with van der Waals surface area (Å²) >= 11 is 0. The van der Waals surface area contributed by atoms with E-state index in [1.54, 1.807) is 14.2 Å². The van der Waals surface area contributed by atoms with Crippen LogP contribution in [0.2, 0.25) is 0 Å². The van der Waals surface area contributed by atoms with E-state index < -0.39 is 6.10 Å². The average Bonchev–Trinajstić information content (AvgIpc) is 2.64. The van der Waals surface area contributed by atoms with Gasteiger partial charge in [-0.25, -0.2) is 0 Å². The molecule has 0 bridgehead atoms. The maximum atomic E-state index is 11.2. The van der Waals surface area contributed by atoms with Gasteiger partial charge in [0.15, 0.2) is 0 Å². The minimum atomic E-state index is -0.486. The average molecular weight is 328 g/mol. The number of hydrogen-bond donors (Lipinski definition) is 1. The largest absolute Gasteiger partial charge is 0.392 e. The van der Waals surface area contributed by atoms with Crippen molar-refractivity contribution in [3.63, 3.8) is 0 Å². The number of hydrogen-bond acceptors (Lipinski definition) is 3. The molecule has 1 N–H and O–H groups in total. The summed E-state index contributed by atoms with van der Waals surface area (Å²) in [6, 6.07) is 20.4. The third-order valence-corrected chi connectivity index (χ3v) is 4.55. The second-order valence-electron chi connectivity index (χ2n) is 6.09. The van der Waals surface area contributed by atoms with Crippen LogP contribution in [0.1, 0.15) is 35.8 Å². The second-order valence-corrected chi connectivity index (χ2v) is 6.09. The predicted molar refractivity (Wildman–Crippen MR) is 97.4 cm³/mol. The lowest BCUT2D eigenvalue weighted by atomic mass is 9.79. The molecule has 0 aliphatic rings. The maximum Gasteiger partial charge on any atom is 0.0678 e. The van der Waals surface area contributed by atoms with Crippen molar-refractivity contribution >= 4 is 0 Å². The molecule has 0 fully saturated rings. The van der Waals surface area contributed by atoms with Crippen molar-refractivity contribution in [2.75, 3.05) is 27.4 Å². The SMILES string of the molecule is COCC[C@H](c1ccccc1)C(O)[C@H](CCOC)c1ccccc1. The highest BCUT2D eigenvalue weighted by Gasteiger charge is 2.29. The van der Waals surface area contributed by atoms with E-state index in [-0.39, 0.29) is 11.8 Å². The molecule has 3 nitrogen and oxygen atoms in total. The highest BCUT2D eigenvalue weighted by molar-refractivity contribution is 5.26. The van der Waals surface area contributed by atoms with Crippen LogP contribution in [0.5, 0.6) is 0 Å². The van der Waals surface area contributed by atoms with E-state index >= 15 is 0 Å². The molecule has 0 aliphatic heterocycles. The molecular formula is C21H28O3. The normalized spacial score (nSPS) is 13.8. The number of benzene rings is 2. The Morgan fingerprint density at radius 2 is 1.08 bits per heavy atom. The summed E-state index contributed by atoms with van der Waals surface area (Å²) in [7, 11) is 3.40. The first-order valence-corrected chi connectivity index (χ1v) is 8.53. The van der Waals surface area contributed by atoms with E-state index in [2.05, 4.69) is 24.3 Å². The van der Waals surface area contributed by atoms with Crippen LogP contribution in [0, 0.1) is 0 Å². The maximum absolute atomic E-state index is 11.2. The van der Waals surface area contributed by atoms with Gasteiger partial charge in [0.25, 0.3) is 0 Å². The van der Waals surface area contributed by atoms with Gasteiger partial charge < -0.3 is 14.6 Å². The zero-order valence-electron chi connectivity index (χ0n) is 14.6. The molecule has 0 aliphatic carbocycles. The molecule has 2 atom stereocenters. The predicted octanol–water partition coefficient (Wildman–Crippen LogP) is 3.99. The third-order valence-electron chi connectivity index (χ3n) is 4.55. The highest BCUT2D eigenvalue weighted by atomic mass is 16.5. The molecule has 0 heterocycles. The monoisotopic (exact) mass is 328 g/mol. The van der Waals surface area contributed by atoms with E-state index in [1.807, 2.05) is 36.4 Å². The van der Waals surface area contributed by atoms with Crippen molar-refractivity contribution in [2.45, 2.75) is 30.8 Å². The summed E-state index contributed by atoms with van der Waals surface area (Å²) in [5.41, 5.74) is 2.31. The molecule has 0 aromatic heterocycles. The zero-order valence-corrected chi connectivity index (χ0v) is 14.6. The summed E-state index contributed by atoms with van der Waals surface area (Å²) < 4.78 is 10.5. The van der Waals surface area contributed by atoms with Crippen molar-refractivity contribution in [3.8, 4) is 0 Å². The molecule has 0 saturated heterocycles. The molecule has 0 amide bonds. The van der Waals surface area contributed by atoms with Crippen molar-refractivity contribution in [2.24, 2.45) is 0 Å². The summed E-state index contributed by atoms with van der Waals surface area (Å²) in [6.07, 6.45) is 1.09. The second kappa shape index (κ2) is 10.2. The van der Waals surface area contributed by atoms with Gasteiger partial charge in [-0.15, -0.1) is 0 Å². The number of methoxy groups -OCH3 is 2. The van der Waals surface area contributed by atoms with Gasteiger partial charge >= 0.3 is 0 Å². The van der Waals surface area contributed by atoms with Crippen LogP contribution in [0.4, 0.5) is 0 Å². The Balaban J connectivity index is 2.27. The standard InChI is InChI=1S/C21H28O3/c1-23-15-13-19(17-9-5-3-6-10-17)21(22)20(14-16-24-2)18-11-7-4-8-12-18/h3-12,19-22H,13-16H2,1-2H3/t19-,20-/m1/s1. The topological polar surface area (TPSA) is 38.7 Å². The van der Waals surface area contributed by atoms with Crippen molar-refractivity contribution in [3.05, 3.63) is 71.8 Å². The lowest BCUT2D eigenvalue weighted by molar-refractivity contribution is 0.0763. The van der Waals surface area contributed by atoms with Crippen LogP contribution in [-0.2, 0) is 9.47 Å². The summed E-state index contributed by atoms with van der Waals surface area (Å²) in [6.45, 7) is 1.25. The van der Waals surface area contributed by atoms with Crippen molar-refractivity contribution in [1.29, 1.82) is 0 Å². The zero-order chi connectivity index (χ0) is 17.2. The number of ether oxygens (including phenoxy) is 2. The first-order valence-electron chi connectivity index (χ1n) is 8.53. The lowest BCUT2D eigenvalue weighted by Gasteiger charge is -2.31. The quantitative estimate of drug-likeness (QED) is 0.717. The van der Waals surface area contributed by atoms with Crippen molar-refractivity contribution in [1.82, 2.24) is 0 Å². The fraction of sp³-hybridized carbons (Fsp3) is 0.429. The van der Waals surface area contributed by atoms with E-state index in [4.69, 9.17) is 9.47 Å². The van der Waals surface area contributed by atoms with Crippen LogP contribution in [-0.4, -0.2) is 38.6 Å². The van der Waals surface area contributed by atoms with Crippen LogP contribution in [0.15, 0.2) is 60.7 Å². The minimum absolute atomic E-state index is 0.0354. The van der Waals surface area contributed by atoms with Crippen LogP contribution in [0.25, 0.3) is 0 Å². The molecular weight excluding hydrogens is 300 g/mol. The Bertz CT molecular complexity index is 504. The Kier molecular flexibility index (Phi) is 7.96. The molecule has 2 rings (SSSR count). The number of aliphatic hydroxyl groups excluding tert-OH is 1. The van der Waals surface area contributed by atoms with Gasteiger partial charge in [0.2, 0.25) is 0 Å². The van der Waals surface area contributed by atoms with Gasteiger partial charge in [0.05, 0.1) is 6.10 Å². The molecule has 0 unspecified atom stereocenters. The molecule has 0 saturated carbocycles. The first kappa shape index (κ1) is 18.7. The lowest BCUT2D eigenvalue weighted by Crippen LogP contribution is -2.28. The molecule has 2 aromatic carbocycles. The highest BCUT2D eigenvalue weighted by Crippen LogP contribution is 2.34. The Hall–Kier alpha value is -1.68. The van der Waals surface area contributed by atoms with Crippen LogP contribution >= 0.6 is 0 Å². The first-order chi connectivity index (χ1) is 11.8. The van der Waals surface area contributed by atoms with Gasteiger partial charge in [0, 0.05) is 39.3 Å². The Labute approximate surface area is 145 Å². The summed E-state index contributed by atoms with van der Waals surface area (Å²) in [5, 5.41) is 11.2. The number of aliphatic hydroxyl groups is 1. The van der Waals surface area contributed by atoms with Gasteiger partial charge in [-0.3, -0.25) is 0 Å². The smallest absolute Gasteiger partial charge is 0.0678 e. The fourth-order valence-corrected chi connectivity index (χ4v) is 3.24. The van der Waals surface area contributed by atoms with E-state index in [9.17, 15) is 5.11 Å². The number of rotatable bonds is 10. The van der Waals surface area contributed by atoms with Gasteiger partial charge in [-0.1, -0.05) is 60.7 Å². The molecule has 3 heteroatoms. The fourth-order valence-electron chi connectivity index (χ4n) is 3.24. The van der Waals surface area contributed by atoms with Gasteiger partial charge in [-0.05, 0) is 24.0 Å². The summed E-state index contributed by atoms with van der Waals surface area (Å²) in [5.74, 6) is 0.0708. The molecule has 0 spiro atoms. The van der Waals surface area contributed by atoms with E-state index in [1.165, 1.54) is 0 Å². The van der Waals surface area contributed by atoms with Gasteiger partial charge in [-0.2, -0.15) is 0 Å². The molecule has 130 valence electrons. The van der Waals surface area contributed by atoms with Gasteiger partial charge in [0.1, 0.15) is 0 Å². The Morgan fingerprint density at radius 3 is 1.42 bits per heavy atom. The molecule has 24 heavy (non-hydrogen) atoms. The minimum Gasteiger partial charge on any atom is -0.392 e. The van der Waals surface area contributed by atoms with Crippen LogP contribution in [0.3, 0.4) is 0 Å². The summed E-state index contributed by atoms with van der Waals surface area (Å²) in [4.78, 5) is 0. The van der Waals surface area contributed by atoms with Crippen molar-refractivity contribution < 1.29 is 14.6 Å². The van der Waals surface area contributed by atoms with E-state index in [0.29, 0.717) is 13.2 Å². The van der Waals surface area contributed by atoms with E-state index in [0.717, 1.165) is 24.0 Å². The molecule has 2 aromatic rings. The third kappa shape index (κ3) is 5.17. The Morgan fingerprint density at radius 1 is 0.708 bits per heavy atom.